The van der Waals surface area contributed by atoms with Gasteiger partial charge in [0.25, 0.3) is 0 Å². The van der Waals surface area contributed by atoms with Crippen molar-refractivity contribution in [1.82, 2.24) is 9.80 Å². The molecule has 4 heteroatoms. The summed E-state index contributed by atoms with van der Waals surface area (Å²) in [5, 5.41) is 8.97. The summed E-state index contributed by atoms with van der Waals surface area (Å²) in [4.78, 5) is 16.2. The molecule has 1 saturated heterocycles. The number of hydrogen-bond donors (Lipinski definition) is 0. The molecule has 1 unspecified atom stereocenters. The van der Waals surface area contributed by atoms with Gasteiger partial charge in [-0.2, -0.15) is 5.26 Å². The Labute approximate surface area is 90.5 Å². The van der Waals surface area contributed by atoms with Crippen molar-refractivity contribution in [2.75, 3.05) is 26.7 Å². The van der Waals surface area contributed by atoms with Crippen LogP contribution in [-0.4, -0.2) is 48.4 Å². The predicted molar refractivity (Wildman–Crippen MR) is 56.0 cm³/mol. The molecule has 1 amide bonds. The second-order valence-corrected chi connectivity index (χ2v) is 4.77. The summed E-state index contributed by atoms with van der Waals surface area (Å²) >= 11 is 0. The van der Waals surface area contributed by atoms with Gasteiger partial charge in [0.2, 0.25) is 5.91 Å². The maximum Gasteiger partial charge on any atom is 0.243 e. The number of carbonyl (C=O) groups is 1. The summed E-state index contributed by atoms with van der Waals surface area (Å²) in [5.74, 6) is 0.0601. The van der Waals surface area contributed by atoms with Crippen molar-refractivity contribution in [3.63, 3.8) is 0 Å². The van der Waals surface area contributed by atoms with E-state index in [1.165, 1.54) is 0 Å². The van der Waals surface area contributed by atoms with E-state index in [0.717, 1.165) is 32.5 Å². The van der Waals surface area contributed by atoms with E-state index in [2.05, 4.69) is 24.9 Å². The molecule has 0 spiro atoms. The van der Waals surface area contributed by atoms with Crippen LogP contribution in [0.1, 0.15) is 19.8 Å². The van der Waals surface area contributed by atoms with Crippen LogP contribution in [-0.2, 0) is 4.79 Å². The van der Waals surface area contributed by atoms with Crippen LogP contribution in [0.4, 0.5) is 0 Å². The Balaban J connectivity index is 2.01. The Hall–Kier alpha value is -1.08. The van der Waals surface area contributed by atoms with Gasteiger partial charge >= 0.3 is 0 Å². The normalized spacial score (nSPS) is 29.7. The van der Waals surface area contributed by atoms with Crippen molar-refractivity contribution in [2.45, 2.75) is 25.8 Å². The zero-order valence-corrected chi connectivity index (χ0v) is 9.36. The number of nitriles is 1. The second-order valence-electron chi connectivity index (χ2n) is 4.77. The number of rotatable bonds is 1. The van der Waals surface area contributed by atoms with Gasteiger partial charge in [0.15, 0.2) is 0 Å². The third kappa shape index (κ3) is 1.72. The smallest absolute Gasteiger partial charge is 0.243 e. The fourth-order valence-electron chi connectivity index (χ4n) is 2.03. The van der Waals surface area contributed by atoms with Crippen LogP contribution in [0, 0.1) is 16.7 Å². The van der Waals surface area contributed by atoms with Crippen LogP contribution in [0.3, 0.4) is 0 Å². The minimum atomic E-state index is -0.643. The van der Waals surface area contributed by atoms with Gasteiger partial charge in [-0.15, -0.1) is 0 Å². The Morgan fingerprint density at radius 2 is 2.13 bits per heavy atom. The third-order valence-electron chi connectivity index (χ3n) is 3.62. The number of piperazine rings is 1. The maximum absolute atomic E-state index is 12.1. The minimum Gasteiger partial charge on any atom is -0.338 e. The largest absolute Gasteiger partial charge is 0.338 e. The van der Waals surface area contributed by atoms with Gasteiger partial charge in [0, 0.05) is 25.7 Å². The van der Waals surface area contributed by atoms with Gasteiger partial charge in [-0.05, 0) is 26.8 Å². The first-order chi connectivity index (χ1) is 7.09. The van der Waals surface area contributed by atoms with Crippen LogP contribution in [0.5, 0.6) is 0 Å². The molecule has 82 valence electrons. The summed E-state index contributed by atoms with van der Waals surface area (Å²) in [6.45, 7) is 4.56. The summed E-state index contributed by atoms with van der Waals surface area (Å²) < 4.78 is 0. The molecule has 0 radical (unpaired) electrons. The molecule has 0 N–H and O–H groups in total. The van der Waals surface area contributed by atoms with Gasteiger partial charge in [-0.1, -0.05) is 0 Å². The number of carbonyl (C=O) groups excluding carboxylic acids is 1. The zero-order valence-electron chi connectivity index (χ0n) is 9.36. The van der Waals surface area contributed by atoms with E-state index in [0.29, 0.717) is 6.04 Å². The Morgan fingerprint density at radius 1 is 1.47 bits per heavy atom. The summed E-state index contributed by atoms with van der Waals surface area (Å²) in [7, 11) is 2.07. The fourth-order valence-corrected chi connectivity index (χ4v) is 2.03. The van der Waals surface area contributed by atoms with Crippen LogP contribution < -0.4 is 0 Å². The first-order valence-corrected chi connectivity index (χ1v) is 5.50. The highest BCUT2D eigenvalue weighted by atomic mass is 16.2. The summed E-state index contributed by atoms with van der Waals surface area (Å²) in [5.41, 5.74) is -0.643. The zero-order chi connectivity index (χ0) is 11.1. The SMILES string of the molecule is CC1CN(C(=O)C2(C#N)CC2)CCN1C. The molecule has 4 nitrogen and oxygen atoms in total. The van der Waals surface area contributed by atoms with E-state index in [4.69, 9.17) is 5.26 Å². The van der Waals surface area contributed by atoms with Crippen molar-refractivity contribution >= 4 is 5.91 Å². The fraction of sp³-hybridized carbons (Fsp3) is 0.818. The minimum absolute atomic E-state index is 0.0601. The number of nitrogens with zero attached hydrogens (tertiary/aromatic N) is 3. The Morgan fingerprint density at radius 3 is 2.60 bits per heavy atom. The summed E-state index contributed by atoms with van der Waals surface area (Å²) in [6, 6.07) is 2.57. The summed E-state index contributed by atoms with van der Waals surface area (Å²) in [6.07, 6.45) is 1.51. The standard InChI is InChI=1S/C11H17N3O/c1-9-7-14(6-5-13(9)2)10(15)11(8-12)3-4-11/h9H,3-7H2,1-2H3. The highest BCUT2D eigenvalue weighted by Gasteiger charge is 2.52. The van der Waals surface area contributed by atoms with Crippen molar-refractivity contribution in [2.24, 2.45) is 5.41 Å². The molecule has 0 aromatic rings. The van der Waals surface area contributed by atoms with Gasteiger partial charge < -0.3 is 9.80 Å². The topological polar surface area (TPSA) is 47.3 Å². The molecule has 2 aliphatic rings. The average molecular weight is 207 g/mol. The molecule has 1 saturated carbocycles. The third-order valence-corrected chi connectivity index (χ3v) is 3.62. The Kier molecular flexibility index (Phi) is 2.43. The van der Waals surface area contributed by atoms with Gasteiger partial charge in [0.05, 0.1) is 6.07 Å². The van der Waals surface area contributed by atoms with Gasteiger partial charge in [0.1, 0.15) is 5.41 Å². The van der Waals surface area contributed by atoms with Crippen LogP contribution in [0.25, 0.3) is 0 Å². The lowest BCUT2D eigenvalue weighted by molar-refractivity contribution is -0.137. The molecule has 2 rings (SSSR count). The molecule has 15 heavy (non-hydrogen) atoms. The lowest BCUT2D eigenvalue weighted by Gasteiger charge is -2.38. The van der Waals surface area contributed by atoms with Gasteiger partial charge in [-0.25, -0.2) is 0 Å². The van der Waals surface area contributed by atoms with Crippen molar-refractivity contribution < 1.29 is 4.79 Å². The quantitative estimate of drug-likeness (QED) is 0.627. The van der Waals surface area contributed by atoms with E-state index in [1.807, 2.05) is 4.90 Å². The van der Waals surface area contributed by atoms with Gasteiger partial charge in [-0.3, -0.25) is 4.79 Å². The molecule has 0 aromatic carbocycles. The average Bonchev–Trinajstić information content (AvgIpc) is 3.02. The predicted octanol–water partition coefficient (Wildman–Crippen LogP) is 0.453. The molecule has 0 aromatic heterocycles. The molecule has 0 bridgehead atoms. The lowest BCUT2D eigenvalue weighted by Crippen LogP contribution is -2.53. The van der Waals surface area contributed by atoms with Crippen molar-refractivity contribution in [3.05, 3.63) is 0 Å². The lowest BCUT2D eigenvalue weighted by atomic mass is 10.1. The van der Waals surface area contributed by atoms with Crippen molar-refractivity contribution in [3.8, 4) is 6.07 Å². The first-order valence-electron chi connectivity index (χ1n) is 5.50. The first kappa shape index (κ1) is 10.4. The highest BCUT2D eigenvalue weighted by Crippen LogP contribution is 2.46. The van der Waals surface area contributed by atoms with E-state index in [1.54, 1.807) is 0 Å². The van der Waals surface area contributed by atoms with E-state index in [9.17, 15) is 4.79 Å². The van der Waals surface area contributed by atoms with E-state index in [-0.39, 0.29) is 5.91 Å². The van der Waals surface area contributed by atoms with Crippen LogP contribution in [0.2, 0.25) is 0 Å². The van der Waals surface area contributed by atoms with Crippen molar-refractivity contribution in [1.29, 1.82) is 5.26 Å². The monoisotopic (exact) mass is 207 g/mol. The molecular formula is C11H17N3O. The second kappa shape index (κ2) is 3.49. The molecule has 1 atom stereocenters. The number of amides is 1. The number of hydrogen-bond acceptors (Lipinski definition) is 3. The Bertz CT molecular complexity index is 316. The molecule has 2 fully saturated rings. The van der Waals surface area contributed by atoms with E-state index < -0.39 is 5.41 Å². The van der Waals surface area contributed by atoms with Crippen LogP contribution >= 0.6 is 0 Å². The molecule has 1 aliphatic carbocycles. The number of likely N-dealkylation sites (N-methyl/N-ethyl adjacent to an activating group) is 1. The molecular weight excluding hydrogens is 190 g/mol. The van der Waals surface area contributed by atoms with E-state index >= 15 is 0 Å². The molecule has 1 heterocycles. The molecule has 1 aliphatic heterocycles. The van der Waals surface area contributed by atoms with Crippen LogP contribution in [0.15, 0.2) is 0 Å². The highest BCUT2D eigenvalue weighted by molar-refractivity contribution is 5.88. The maximum atomic E-state index is 12.1.